The molecule has 1 fully saturated rings. The molecule has 3 N–H and O–H groups in total. The zero-order valence-corrected chi connectivity index (χ0v) is 20.8. The van der Waals surface area contributed by atoms with Crippen molar-refractivity contribution in [1.82, 2.24) is 4.98 Å². The van der Waals surface area contributed by atoms with Crippen LogP contribution in [0, 0.1) is 0 Å². The number of amides is 1. The predicted molar refractivity (Wildman–Crippen MR) is 138 cm³/mol. The molecule has 1 atom stereocenters. The van der Waals surface area contributed by atoms with E-state index in [9.17, 15) is 4.79 Å². The van der Waals surface area contributed by atoms with Crippen molar-refractivity contribution in [3.05, 3.63) is 34.5 Å². The fourth-order valence-corrected chi connectivity index (χ4v) is 7.28. The summed E-state index contributed by atoms with van der Waals surface area (Å²) in [6, 6.07) is 6.03. The normalized spacial score (nSPS) is 17.7. The maximum atomic E-state index is 10.4. The number of halogens is 1. The topological polar surface area (TPSA) is 68.0 Å². The third kappa shape index (κ3) is 7.47. The van der Waals surface area contributed by atoms with Crippen molar-refractivity contribution in [3.8, 4) is 0 Å². The van der Waals surface area contributed by atoms with Crippen LogP contribution in [0.15, 0.2) is 18.2 Å². The van der Waals surface area contributed by atoms with E-state index >= 15 is 0 Å². The van der Waals surface area contributed by atoms with Crippen molar-refractivity contribution in [1.29, 1.82) is 0 Å². The number of fused-ring (bicyclic) bond motifs is 2. The molecule has 2 heterocycles. The number of nitrogens with zero attached hydrogens (tertiary/aromatic N) is 1. The van der Waals surface area contributed by atoms with Gasteiger partial charge in [0, 0.05) is 45.8 Å². The maximum Gasteiger partial charge on any atom is 0.217 e. The second kappa shape index (κ2) is 12.8. The number of aryl methyl sites for hydroxylation is 1. The number of nitrogens with one attached hydrogen (secondary N) is 1. The average Bonchev–Trinajstić information content (AvgIpc) is 3.28. The van der Waals surface area contributed by atoms with E-state index in [0.29, 0.717) is 6.42 Å². The van der Waals surface area contributed by atoms with Gasteiger partial charge in [-0.2, -0.15) is 0 Å². The number of unbranched alkanes of at least 4 members (excludes halogenated alkanes) is 1. The number of carbonyl (C=O) groups is 1. The van der Waals surface area contributed by atoms with Crippen molar-refractivity contribution in [2.45, 2.75) is 76.4 Å². The minimum absolute atomic E-state index is 0.163. The molecule has 4 nitrogen and oxygen atoms in total. The van der Waals surface area contributed by atoms with Gasteiger partial charge in [0.25, 0.3) is 0 Å². The maximum absolute atomic E-state index is 10.4. The van der Waals surface area contributed by atoms with Gasteiger partial charge in [-0.25, -0.2) is 0 Å². The van der Waals surface area contributed by atoms with Crippen LogP contribution in [-0.4, -0.2) is 28.4 Å². The van der Waals surface area contributed by atoms with Gasteiger partial charge in [-0.1, -0.05) is 46.5 Å². The van der Waals surface area contributed by atoms with Crippen LogP contribution in [0.3, 0.4) is 0 Å². The van der Waals surface area contributed by atoms with E-state index in [1.807, 2.05) is 33.7 Å². The SMILES string of the molecule is CCCNc1c2c(nc3cc(Cl)ccc13)CCCC2.NC(=O)CCCCC1CCSS1. The largest absolute Gasteiger partial charge is 0.384 e. The van der Waals surface area contributed by atoms with Crippen molar-refractivity contribution < 1.29 is 4.79 Å². The van der Waals surface area contributed by atoms with E-state index in [-0.39, 0.29) is 5.91 Å². The van der Waals surface area contributed by atoms with Crippen LogP contribution in [0.1, 0.15) is 69.5 Å². The first kappa shape index (κ1) is 24.5. The fourth-order valence-electron chi connectivity index (χ4n) is 4.09. The lowest BCUT2D eigenvalue weighted by Gasteiger charge is -2.21. The van der Waals surface area contributed by atoms with E-state index in [4.69, 9.17) is 22.3 Å². The molecule has 1 saturated heterocycles. The lowest BCUT2D eigenvalue weighted by atomic mass is 9.92. The van der Waals surface area contributed by atoms with Gasteiger partial charge in [0.2, 0.25) is 5.91 Å². The van der Waals surface area contributed by atoms with Gasteiger partial charge in [0.05, 0.1) is 5.52 Å². The highest BCUT2D eigenvalue weighted by atomic mass is 35.5. The number of anilines is 1. The summed E-state index contributed by atoms with van der Waals surface area (Å²) in [5.41, 5.74) is 10.0. The lowest BCUT2D eigenvalue weighted by Crippen LogP contribution is -2.11. The standard InChI is InChI=1S/C16H19ClN2.C8H15NOS2/c1-2-9-18-16-12-5-3-4-6-14(12)19-15-10-11(17)7-8-13(15)16;9-8(10)4-2-1-3-7-5-6-11-12-7/h7-8,10H,2-6,9H2,1H3,(H,18,19);7H,1-6H2,(H2,9,10). The summed E-state index contributed by atoms with van der Waals surface area (Å²) in [6.07, 6.45) is 11.2. The molecule has 170 valence electrons. The lowest BCUT2D eigenvalue weighted by molar-refractivity contribution is -0.118. The van der Waals surface area contributed by atoms with Crippen LogP contribution < -0.4 is 11.1 Å². The molecule has 7 heteroatoms. The van der Waals surface area contributed by atoms with Crippen molar-refractivity contribution >= 4 is 55.7 Å². The molecule has 1 aromatic heterocycles. The molecule has 1 unspecified atom stereocenters. The summed E-state index contributed by atoms with van der Waals surface area (Å²) < 4.78 is 0. The zero-order valence-electron chi connectivity index (χ0n) is 18.4. The first-order valence-electron chi connectivity index (χ1n) is 11.5. The number of pyridine rings is 1. The van der Waals surface area contributed by atoms with Gasteiger partial charge in [-0.15, -0.1) is 0 Å². The number of nitrogens with two attached hydrogens (primary N) is 1. The molecule has 0 bridgehead atoms. The van der Waals surface area contributed by atoms with Gasteiger partial charge < -0.3 is 11.1 Å². The predicted octanol–water partition coefficient (Wildman–Crippen LogP) is 6.77. The van der Waals surface area contributed by atoms with Gasteiger partial charge in [0.15, 0.2) is 0 Å². The monoisotopic (exact) mass is 479 g/mol. The Bertz CT molecular complexity index is 872. The van der Waals surface area contributed by atoms with Gasteiger partial charge in [-0.3, -0.25) is 9.78 Å². The highest BCUT2D eigenvalue weighted by Crippen LogP contribution is 2.40. The molecule has 31 heavy (non-hydrogen) atoms. The number of rotatable bonds is 8. The highest BCUT2D eigenvalue weighted by molar-refractivity contribution is 8.77. The molecule has 2 aromatic rings. The fraction of sp³-hybridized carbons (Fsp3) is 0.583. The van der Waals surface area contributed by atoms with E-state index in [0.717, 1.165) is 54.4 Å². The number of aromatic nitrogens is 1. The molecular formula is C24H34ClN3OS2. The summed E-state index contributed by atoms with van der Waals surface area (Å²) in [7, 11) is 3.97. The third-order valence-electron chi connectivity index (χ3n) is 5.70. The number of hydrogen-bond donors (Lipinski definition) is 2. The molecule has 1 aromatic carbocycles. The van der Waals surface area contributed by atoms with Crippen LogP contribution in [0.25, 0.3) is 10.9 Å². The second-order valence-electron chi connectivity index (χ2n) is 8.25. The first-order valence-corrected chi connectivity index (χ1v) is 14.3. The van der Waals surface area contributed by atoms with E-state index in [1.165, 1.54) is 53.8 Å². The average molecular weight is 480 g/mol. The number of primary amides is 1. The summed E-state index contributed by atoms with van der Waals surface area (Å²) in [6.45, 7) is 3.20. The summed E-state index contributed by atoms with van der Waals surface area (Å²) in [5, 5.41) is 6.41. The molecule has 1 amide bonds. The summed E-state index contributed by atoms with van der Waals surface area (Å²) in [5.74, 6) is 1.13. The van der Waals surface area contributed by atoms with Crippen molar-refractivity contribution in [2.75, 3.05) is 17.6 Å². The molecule has 0 radical (unpaired) electrons. The Kier molecular flexibility index (Phi) is 10.1. The van der Waals surface area contributed by atoms with Gasteiger partial charge in [-0.05, 0) is 75.1 Å². The van der Waals surface area contributed by atoms with E-state index in [2.05, 4.69) is 18.3 Å². The van der Waals surface area contributed by atoms with Crippen LogP contribution in [0.5, 0.6) is 0 Å². The van der Waals surface area contributed by atoms with Crippen molar-refractivity contribution in [3.63, 3.8) is 0 Å². The summed E-state index contributed by atoms with van der Waals surface area (Å²) in [4.78, 5) is 15.2. The minimum atomic E-state index is -0.163. The van der Waals surface area contributed by atoms with E-state index < -0.39 is 0 Å². The zero-order chi connectivity index (χ0) is 22.1. The molecule has 0 spiro atoms. The Balaban J connectivity index is 0.000000196. The Labute approximate surface area is 199 Å². The van der Waals surface area contributed by atoms with Gasteiger partial charge in [0.1, 0.15) is 0 Å². The first-order chi connectivity index (χ1) is 15.1. The van der Waals surface area contributed by atoms with Crippen LogP contribution in [0.2, 0.25) is 5.02 Å². The number of hydrogen-bond acceptors (Lipinski definition) is 5. The smallest absolute Gasteiger partial charge is 0.217 e. The molecule has 2 aliphatic rings. The van der Waals surface area contributed by atoms with Crippen LogP contribution in [-0.2, 0) is 17.6 Å². The number of carbonyl (C=O) groups excluding carboxylic acids is 1. The van der Waals surface area contributed by atoms with Crippen LogP contribution in [0.4, 0.5) is 5.69 Å². The minimum Gasteiger partial charge on any atom is -0.384 e. The van der Waals surface area contributed by atoms with Crippen molar-refractivity contribution in [2.24, 2.45) is 5.73 Å². The Hall–Kier alpha value is -1.11. The summed E-state index contributed by atoms with van der Waals surface area (Å²) >= 11 is 6.10. The Morgan fingerprint density at radius 2 is 2.13 bits per heavy atom. The van der Waals surface area contributed by atoms with E-state index in [1.54, 1.807) is 0 Å². The molecular weight excluding hydrogens is 446 g/mol. The quantitative estimate of drug-likeness (QED) is 0.322. The Morgan fingerprint density at radius 3 is 2.87 bits per heavy atom. The molecule has 1 aliphatic heterocycles. The van der Waals surface area contributed by atoms with Gasteiger partial charge >= 0.3 is 0 Å². The highest BCUT2D eigenvalue weighted by Gasteiger charge is 2.18. The second-order valence-corrected chi connectivity index (χ2v) is 11.5. The number of benzene rings is 1. The molecule has 4 rings (SSSR count). The molecule has 1 aliphatic carbocycles. The molecule has 0 saturated carbocycles. The third-order valence-corrected chi connectivity index (χ3v) is 8.95. The Morgan fingerprint density at radius 1 is 1.29 bits per heavy atom. The van der Waals surface area contributed by atoms with Crippen LogP contribution >= 0.6 is 33.2 Å².